The molecule has 0 spiro atoms. The molecule has 1 saturated heterocycles. The quantitative estimate of drug-likeness (QED) is 0.755. The fourth-order valence-electron chi connectivity index (χ4n) is 3.14. The summed E-state index contributed by atoms with van der Waals surface area (Å²) in [6, 6.07) is 0.764. The number of hydrogen-bond donors (Lipinski definition) is 1. The van der Waals surface area contributed by atoms with Gasteiger partial charge in [-0.15, -0.1) is 0 Å². The van der Waals surface area contributed by atoms with Crippen molar-refractivity contribution < 1.29 is 0 Å². The van der Waals surface area contributed by atoms with Crippen molar-refractivity contribution in [3.8, 4) is 0 Å². The minimum absolute atomic E-state index is 0.571. The topological polar surface area (TPSA) is 6.48 Å². The Morgan fingerprint density at radius 1 is 1.18 bits per heavy atom. The second kappa shape index (κ2) is 5.94. The maximum atomic E-state index is 4.56. The summed E-state index contributed by atoms with van der Waals surface area (Å²) >= 11 is 4.56. The van der Waals surface area contributed by atoms with Gasteiger partial charge in [0.15, 0.2) is 0 Å². The predicted octanol–water partition coefficient (Wildman–Crippen LogP) is 2.50. The van der Waals surface area contributed by atoms with Crippen molar-refractivity contribution in [1.29, 1.82) is 0 Å². The second-order valence-electron chi connectivity index (χ2n) is 6.08. The van der Waals surface area contributed by atoms with Crippen LogP contribution in [0.1, 0.15) is 39.5 Å². The lowest BCUT2D eigenvalue weighted by Crippen LogP contribution is -2.53. The van der Waals surface area contributed by atoms with Crippen LogP contribution in [0.25, 0.3) is 0 Å². The predicted molar refractivity (Wildman–Crippen MR) is 77.9 cm³/mol. The summed E-state index contributed by atoms with van der Waals surface area (Å²) in [7, 11) is 0. The summed E-state index contributed by atoms with van der Waals surface area (Å²) < 4.78 is 0. The average Bonchev–Trinajstić information content (AvgIpc) is 2.33. The second-order valence-corrected chi connectivity index (χ2v) is 6.40. The summed E-state index contributed by atoms with van der Waals surface area (Å²) in [6.45, 7) is 11.0. The molecule has 1 saturated carbocycles. The first-order valence-electron chi connectivity index (χ1n) is 7.26. The molecular formula is C14H28N2S. The van der Waals surface area contributed by atoms with Crippen LogP contribution < -0.4 is 0 Å². The van der Waals surface area contributed by atoms with Crippen LogP contribution in [0.4, 0.5) is 0 Å². The molecular weight excluding hydrogens is 228 g/mol. The number of thiol groups is 1. The van der Waals surface area contributed by atoms with Crippen LogP contribution in [0.2, 0.25) is 0 Å². The Bertz CT molecular complexity index is 227. The molecule has 0 amide bonds. The van der Waals surface area contributed by atoms with Gasteiger partial charge < -0.3 is 4.90 Å². The smallest absolute Gasteiger partial charge is 0.0113 e. The van der Waals surface area contributed by atoms with Crippen LogP contribution in [0, 0.1) is 5.41 Å². The first kappa shape index (κ1) is 13.7. The van der Waals surface area contributed by atoms with Crippen LogP contribution in [0.3, 0.4) is 0 Å². The van der Waals surface area contributed by atoms with E-state index in [9.17, 15) is 0 Å². The van der Waals surface area contributed by atoms with Crippen LogP contribution in [0.5, 0.6) is 0 Å². The monoisotopic (exact) mass is 256 g/mol. The van der Waals surface area contributed by atoms with Crippen molar-refractivity contribution in [2.75, 3.05) is 38.5 Å². The highest BCUT2D eigenvalue weighted by Gasteiger charge is 2.37. The molecule has 1 heterocycles. The largest absolute Gasteiger partial charge is 0.300 e. The van der Waals surface area contributed by atoms with Gasteiger partial charge in [-0.05, 0) is 37.4 Å². The van der Waals surface area contributed by atoms with Crippen LogP contribution >= 0.6 is 12.6 Å². The lowest BCUT2D eigenvalue weighted by atomic mass is 9.70. The van der Waals surface area contributed by atoms with Gasteiger partial charge in [-0.2, -0.15) is 12.6 Å². The minimum atomic E-state index is 0.571. The van der Waals surface area contributed by atoms with E-state index >= 15 is 0 Å². The molecule has 2 nitrogen and oxygen atoms in total. The van der Waals surface area contributed by atoms with Crippen molar-refractivity contribution in [2.45, 2.75) is 45.6 Å². The van der Waals surface area contributed by atoms with Crippen molar-refractivity contribution in [2.24, 2.45) is 5.41 Å². The fraction of sp³-hybridized carbons (Fsp3) is 1.00. The third-order valence-electron chi connectivity index (χ3n) is 4.93. The first-order valence-corrected chi connectivity index (χ1v) is 7.89. The lowest BCUT2D eigenvalue weighted by Gasteiger charge is -2.47. The summed E-state index contributed by atoms with van der Waals surface area (Å²) in [5, 5.41) is 0. The Morgan fingerprint density at radius 2 is 1.82 bits per heavy atom. The SMILES string of the molecule is CCC(C)N1CCN(CC2(CS)CCC2)CC1. The summed E-state index contributed by atoms with van der Waals surface area (Å²) in [5.41, 5.74) is 0.571. The lowest BCUT2D eigenvalue weighted by molar-refractivity contribution is 0.0423. The maximum absolute atomic E-state index is 4.56. The Morgan fingerprint density at radius 3 is 2.24 bits per heavy atom. The van der Waals surface area contributed by atoms with Crippen molar-refractivity contribution in [3.05, 3.63) is 0 Å². The number of hydrogen-bond acceptors (Lipinski definition) is 3. The number of rotatable bonds is 5. The van der Waals surface area contributed by atoms with Crippen molar-refractivity contribution in [1.82, 2.24) is 9.80 Å². The van der Waals surface area contributed by atoms with E-state index < -0.39 is 0 Å². The molecule has 2 fully saturated rings. The van der Waals surface area contributed by atoms with Gasteiger partial charge in [0, 0.05) is 38.8 Å². The van der Waals surface area contributed by atoms with Crippen molar-refractivity contribution in [3.63, 3.8) is 0 Å². The van der Waals surface area contributed by atoms with E-state index in [0.29, 0.717) is 5.41 Å². The van der Waals surface area contributed by atoms with E-state index in [4.69, 9.17) is 0 Å². The molecule has 0 bridgehead atoms. The Hall–Kier alpha value is 0.270. The molecule has 0 aromatic heterocycles. The molecule has 0 aromatic carbocycles. The van der Waals surface area contributed by atoms with Crippen molar-refractivity contribution >= 4 is 12.6 Å². The molecule has 0 N–H and O–H groups in total. The molecule has 100 valence electrons. The van der Waals surface area contributed by atoms with Gasteiger partial charge in [0.1, 0.15) is 0 Å². The third-order valence-corrected chi connectivity index (χ3v) is 5.60. The van der Waals surface area contributed by atoms with E-state index in [0.717, 1.165) is 11.8 Å². The van der Waals surface area contributed by atoms with Gasteiger partial charge in [0.2, 0.25) is 0 Å². The third kappa shape index (κ3) is 3.18. The molecule has 0 radical (unpaired) electrons. The highest BCUT2D eigenvalue weighted by Crippen LogP contribution is 2.42. The van der Waals surface area contributed by atoms with Gasteiger partial charge in [-0.25, -0.2) is 0 Å². The number of nitrogens with zero attached hydrogens (tertiary/aromatic N) is 2. The summed E-state index contributed by atoms with van der Waals surface area (Å²) in [4.78, 5) is 5.32. The van der Waals surface area contributed by atoms with Gasteiger partial charge in [-0.3, -0.25) is 4.90 Å². The molecule has 1 atom stereocenters. The Balaban J connectivity index is 1.75. The highest BCUT2D eigenvalue weighted by molar-refractivity contribution is 7.80. The Kier molecular flexibility index (Phi) is 4.79. The molecule has 1 aliphatic carbocycles. The zero-order chi connectivity index (χ0) is 12.3. The molecule has 1 aliphatic heterocycles. The molecule has 2 aliphatic rings. The van der Waals surface area contributed by atoms with E-state index in [1.54, 1.807) is 0 Å². The first-order chi connectivity index (χ1) is 8.19. The maximum Gasteiger partial charge on any atom is 0.0113 e. The summed E-state index contributed by atoms with van der Waals surface area (Å²) in [6.07, 6.45) is 5.51. The standard InChI is InChI=1S/C14H28N2S/c1-3-13(2)16-9-7-15(8-10-16)11-14(12-17)5-4-6-14/h13,17H,3-12H2,1-2H3. The molecule has 2 rings (SSSR count). The Labute approximate surface area is 112 Å². The van der Waals surface area contributed by atoms with Crippen LogP contribution in [-0.4, -0.2) is 54.3 Å². The van der Waals surface area contributed by atoms with Crippen LogP contribution in [0.15, 0.2) is 0 Å². The van der Waals surface area contributed by atoms with E-state index in [-0.39, 0.29) is 0 Å². The zero-order valence-corrected chi connectivity index (χ0v) is 12.4. The molecule has 1 unspecified atom stereocenters. The van der Waals surface area contributed by atoms with Gasteiger partial charge in [0.25, 0.3) is 0 Å². The molecule has 3 heteroatoms. The van der Waals surface area contributed by atoms with Gasteiger partial charge in [0.05, 0.1) is 0 Å². The van der Waals surface area contributed by atoms with Gasteiger partial charge >= 0.3 is 0 Å². The van der Waals surface area contributed by atoms with E-state index in [2.05, 4.69) is 36.3 Å². The fourth-order valence-corrected chi connectivity index (χ4v) is 3.55. The minimum Gasteiger partial charge on any atom is -0.300 e. The highest BCUT2D eigenvalue weighted by atomic mass is 32.1. The van der Waals surface area contributed by atoms with E-state index in [1.807, 2.05) is 0 Å². The molecule has 17 heavy (non-hydrogen) atoms. The normalized spacial score (nSPS) is 27.7. The van der Waals surface area contributed by atoms with E-state index in [1.165, 1.54) is 58.4 Å². The van der Waals surface area contributed by atoms with Gasteiger partial charge in [-0.1, -0.05) is 13.3 Å². The molecule has 0 aromatic rings. The number of piperazine rings is 1. The zero-order valence-electron chi connectivity index (χ0n) is 11.5. The average molecular weight is 256 g/mol. The summed E-state index contributed by atoms with van der Waals surface area (Å²) in [5.74, 6) is 1.08. The van der Waals surface area contributed by atoms with Crippen LogP contribution in [-0.2, 0) is 0 Å².